The van der Waals surface area contributed by atoms with Crippen molar-refractivity contribution >= 4 is 40.1 Å². The van der Waals surface area contributed by atoms with E-state index in [1.165, 1.54) is 11.3 Å². The number of amides is 1. The number of carbonyl (C=O) groups is 2. The molecule has 0 aliphatic carbocycles. The number of thiazole rings is 2. The fourth-order valence-corrected chi connectivity index (χ4v) is 4.99. The van der Waals surface area contributed by atoms with Gasteiger partial charge in [-0.15, -0.1) is 22.7 Å². The van der Waals surface area contributed by atoms with E-state index in [1.54, 1.807) is 23.5 Å². The van der Waals surface area contributed by atoms with Gasteiger partial charge in [0.25, 0.3) is 5.91 Å². The van der Waals surface area contributed by atoms with Gasteiger partial charge in [-0.1, -0.05) is 30.3 Å². The Morgan fingerprint density at radius 3 is 2.35 bits per heavy atom. The Labute approximate surface area is 188 Å². The van der Waals surface area contributed by atoms with Crippen molar-refractivity contribution < 1.29 is 9.59 Å². The van der Waals surface area contributed by atoms with Crippen molar-refractivity contribution in [2.45, 2.75) is 26.7 Å². The fraction of sp³-hybridized carbons (Fsp3) is 0.167. The summed E-state index contributed by atoms with van der Waals surface area (Å²) < 4.78 is 0. The molecule has 0 atom stereocenters. The summed E-state index contributed by atoms with van der Waals surface area (Å²) in [4.78, 5) is 34.9. The summed E-state index contributed by atoms with van der Waals surface area (Å²) in [5, 5.41) is 6.69. The Kier molecular flexibility index (Phi) is 6.34. The number of aromatic nitrogens is 2. The van der Waals surface area contributed by atoms with Gasteiger partial charge in [-0.05, 0) is 43.7 Å². The Morgan fingerprint density at radius 1 is 0.935 bits per heavy atom. The van der Waals surface area contributed by atoms with Crippen molar-refractivity contribution in [3.05, 3.63) is 86.8 Å². The molecule has 0 radical (unpaired) electrons. The SMILES string of the molecule is Cc1nc(C)c(-c2csc(CC(=O)Cc3ccc(NC(=O)c4ccccc4)cc3)n2)s1. The number of Topliss-reactive ketones (excluding diaryl/α,β-unsaturated/α-hetero) is 1. The number of nitrogens with zero attached hydrogens (tertiary/aromatic N) is 2. The molecule has 0 saturated carbocycles. The maximum Gasteiger partial charge on any atom is 0.255 e. The van der Waals surface area contributed by atoms with Gasteiger partial charge in [-0.25, -0.2) is 9.97 Å². The first-order chi connectivity index (χ1) is 15.0. The molecule has 4 rings (SSSR count). The third-order valence-corrected chi connectivity index (χ3v) is 6.63. The van der Waals surface area contributed by atoms with Gasteiger partial charge in [0.2, 0.25) is 0 Å². The molecule has 156 valence electrons. The van der Waals surface area contributed by atoms with Crippen LogP contribution in [0.2, 0.25) is 0 Å². The van der Waals surface area contributed by atoms with Crippen molar-refractivity contribution in [2.75, 3.05) is 5.32 Å². The lowest BCUT2D eigenvalue weighted by Gasteiger charge is -2.06. The standard InChI is InChI=1S/C24H21N3O2S2/c1-15-23(31-16(2)25-15)21-14-30-22(27-21)13-20(28)12-17-8-10-19(11-9-17)26-24(29)18-6-4-3-5-7-18/h3-11,14H,12-13H2,1-2H3,(H,26,29). The van der Waals surface area contributed by atoms with Crippen molar-refractivity contribution in [3.63, 3.8) is 0 Å². The minimum absolute atomic E-state index is 0.110. The minimum atomic E-state index is -0.157. The lowest BCUT2D eigenvalue weighted by Crippen LogP contribution is -2.11. The number of anilines is 1. The highest BCUT2D eigenvalue weighted by Crippen LogP contribution is 2.30. The van der Waals surface area contributed by atoms with Crippen molar-refractivity contribution in [2.24, 2.45) is 0 Å². The Balaban J connectivity index is 1.34. The van der Waals surface area contributed by atoms with Gasteiger partial charge in [-0.3, -0.25) is 9.59 Å². The average Bonchev–Trinajstić information content (AvgIpc) is 3.35. The van der Waals surface area contributed by atoms with Gasteiger partial charge in [0.1, 0.15) is 10.8 Å². The monoisotopic (exact) mass is 447 g/mol. The minimum Gasteiger partial charge on any atom is -0.322 e. The predicted molar refractivity (Wildman–Crippen MR) is 126 cm³/mol. The molecule has 0 spiro atoms. The summed E-state index contributed by atoms with van der Waals surface area (Å²) in [6.07, 6.45) is 0.647. The summed E-state index contributed by atoms with van der Waals surface area (Å²) in [6.45, 7) is 3.96. The molecule has 2 aromatic carbocycles. The van der Waals surface area contributed by atoms with Gasteiger partial charge in [0, 0.05) is 23.1 Å². The molecule has 0 saturated heterocycles. The lowest BCUT2D eigenvalue weighted by molar-refractivity contribution is -0.117. The maximum absolute atomic E-state index is 12.5. The molecule has 4 aromatic rings. The van der Waals surface area contributed by atoms with Gasteiger partial charge < -0.3 is 5.32 Å². The van der Waals surface area contributed by atoms with E-state index in [0.29, 0.717) is 24.1 Å². The summed E-state index contributed by atoms with van der Waals surface area (Å²) in [6, 6.07) is 16.4. The topological polar surface area (TPSA) is 72.0 Å². The molecule has 2 heterocycles. The Morgan fingerprint density at radius 2 is 1.68 bits per heavy atom. The zero-order valence-corrected chi connectivity index (χ0v) is 18.8. The molecule has 1 N–H and O–H groups in total. The van der Waals surface area contributed by atoms with Crippen molar-refractivity contribution in [3.8, 4) is 10.6 Å². The van der Waals surface area contributed by atoms with E-state index < -0.39 is 0 Å². The van der Waals surface area contributed by atoms with Crippen LogP contribution in [0, 0.1) is 13.8 Å². The molecule has 31 heavy (non-hydrogen) atoms. The normalized spacial score (nSPS) is 10.8. The number of ketones is 1. The lowest BCUT2D eigenvalue weighted by atomic mass is 10.1. The molecule has 2 aromatic heterocycles. The van der Waals surface area contributed by atoms with Crippen LogP contribution in [-0.2, 0) is 17.6 Å². The molecular weight excluding hydrogens is 426 g/mol. The number of aryl methyl sites for hydroxylation is 2. The van der Waals surface area contributed by atoms with Crippen LogP contribution in [0.5, 0.6) is 0 Å². The molecule has 0 fully saturated rings. The van der Waals surface area contributed by atoms with Crippen LogP contribution in [0.1, 0.15) is 31.6 Å². The molecule has 0 aliphatic rings. The number of benzene rings is 2. The largest absolute Gasteiger partial charge is 0.322 e. The van der Waals surface area contributed by atoms with Gasteiger partial charge in [0.05, 0.1) is 27.7 Å². The van der Waals surface area contributed by atoms with Crippen LogP contribution >= 0.6 is 22.7 Å². The highest BCUT2D eigenvalue weighted by Gasteiger charge is 2.14. The summed E-state index contributed by atoms with van der Waals surface area (Å²) in [5.41, 5.74) is 4.09. The van der Waals surface area contributed by atoms with Crippen LogP contribution < -0.4 is 5.32 Å². The van der Waals surface area contributed by atoms with E-state index in [0.717, 1.165) is 31.8 Å². The molecule has 0 bridgehead atoms. The fourth-order valence-electron chi connectivity index (χ4n) is 3.22. The third kappa shape index (κ3) is 5.31. The number of nitrogens with one attached hydrogen (secondary N) is 1. The van der Waals surface area contributed by atoms with E-state index in [2.05, 4.69) is 15.3 Å². The molecular formula is C24H21N3O2S2. The summed E-state index contributed by atoms with van der Waals surface area (Å²) >= 11 is 3.13. The van der Waals surface area contributed by atoms with Crippen LogP contribution in [0.3, 0.4) is 0 Å². The molecule has 0 unspecified atom stereocenters. The van der Waals surface area contributed by atoms with Gasteiger partial charge in [-0.2, -0.15) is 0 Å². The molecule has 1 amide bonds. The van der Waals surface area contributed by atoms with E-state index in [9.17, 15) is 9.59 Å². The molecule has 7 heteroatoms. The van der Waals surface area contributed by atoms with E-state index in [4.69, 9.17) is 0 Å². The molecule has 0 aliphatic heterocycles. The first-order valence-electron chi connectivity index (χ1n) is 9.84. The number of hydrogen-bond acceptors (Lipinski definition) is 6. The van der Waals surface area contributed by atoms with Crippen molar-refractivity contribution in [1.29, 1.82) is 0 Å². The Bertz CT molecular complexity index is 1210. The Hall–Kier alpha value is -3.16. The second kappa shape index (κ2) is 9.32. The van der Waals surface area contributed by atoms with Crippen LogP contribution in [0.4, 0.5) is 5.69 Å². The maximum atomic E-state index is 12.5. The van der Waals surface area contributed by atoms with Crippen LogP contribution in [0.15, 0.2) is 60.0 Å². The predicted octanol–water partition coefficient (Wildman–Crippen LogP) is 5.49. The summed E-state index contributed by atoms with van der Waals surface area (Å²) in [7, 11) is 0. The van der Waals surface area contributed by atoms with Crippen LogP contribution in [-0.4, -0.2) is 21.7 Å². The number of carbonyl (C=O) groups excluding carboxylic acids is 2. The third-order valence-electron chi connectivity index (χ3n) is 4.69. The number of hydrogen-bond donors (Lipinski definition) is 1. The van der Waals surface area contributed by atoms with E-state index in [1.807, 2.05) is 61.7 Å². The van der Waals surface area contributed by atoms with Gasteiger partial charge >= 0.3 is 0 Å². The molecule has 5 nitrogen and oxygen atoms in total. The first-order valence-corrected chi connectivity index (χ1v) is 11.5. The van der Waals surface area contributed by atoms with E-state index >= 15 is 0 Å². The first kappa shape index (κ1) is 21.1. The van der Waals surface area contributed by atoms with Crippen LogP contribution in [0.25, 0.3) is 10.6 Å². The highest BCUT2D eigenvalue weighted by molar-refractivity contribution is 7.16. The highest BCUT2D eigenvalue weighted by atomic mass is 32.1. The second-order valence-corrected chi connectivity index (χ2v) is 9.33. The zero-order valence-electron chi connectivity index (χ0n) is 17.2. The average molecular weight is 448 g/mol. The summed E-state index contributed by atoms with van der Waals surface area (Å²) in [5.74, 6) is -0.0467. The van der Waals surface area contributed by atoms with Gasteiger partial charge in [0.15, 0.2) is 0 Å². The smallest absolute Gasteiger partial charge is 0.255 e. The van der Waals surface area contributed by atoms with Crippen molar-refractivity contribution in [1.82, 2.24) is 9.97 Å². The second-order valence-electron chi connectivity index (χ2n) is 7.18. The number of rotatable bonds is 7. The van der Waals surface area contributed by atoms with E-state index in [-0.39, 0.29) is 11.7 Å². The quantitative estimate of drug-likeness (QED) is 0.407. The zero-order chi connectivity index (χ0) is 21.8.